The molecule has 146 valence electrons. The van der Waals surface area contributed by atoms with Crippen LogP contribution in [0.15, 0.2) is 133 Å². The normalized spacial score (nSPS) is 11.8. The molecule has 0 saturated carbocycles. The van der Waals surface area contributed by atoms with Gasteiger partial charge in [-0.05, 0) is 40.3 Å². The predicted octanol–water partition coefficient (Wildman–Crippen LogP) is 8.01. The van der Waals surface area contributed by atoms with Crippen molar-refractivity contribution >= 4 is 11.6 Å². The number of hydrogen-bond acceptors (Lipinski definition) is 0. The molecule has 0 bridgehead atoms. The number of hydrogen-bond donors (Lipinski definition) is 0. The molecule has 0 aliphatic heterocycles. The highest BCUT2D eigenvalue weighted by molar-refractivity contribution is 5.87. The molecular formula is C30H26. The molecule has 0 saturated heterocycles. The van der Waals surface area contributed by atoms with Gasteiger partial charge in [-0.2, -0.15) is 0 Å². The minimum Gasteiger partial charge on any atom is -0.0830 e. The van der Waals surface area contributed by atoms with Crippen LogP contribution in [0, 0.1) is 0 Å². The van der Waals surface area contributed by atoms with Gasteiger partial charge in [-0.1, -0.05) is 133 Å². The lowest BCUT2D eigenvalue weighted by molar-refractivity contribution is 0.830. The smallest absolute Gasteiger partial charge is 0.0124 e. The van der Waals surface area contributed by atoms with Gasteiger partial charge in [0.05, 0.1) is 0 Å². The van der Waals surface area contributed by atoms with Crippen molar-refractivity contribution in [2.75, 3.05) is 0 Å². The Morgan fingerprint density at radius 2 is 1.03 bits per heavy atom. The molecular weight excluding hydrogens is 360 g/mol. The van der Waals surface area contributed by atoms with Crippen molar-refractivity contribution in [2.45, 2.75) is 12.3 Å². The van der Waals surface area contributed by atoms with Crippen molar-refractivity contribution in [3.63, 3.8) is 0 Å². The van der Waals surface area contributed by atoms with Crippen molar-refractivity contribution in [2.24, 2.45) is 0 Å². The first-order valence-electron chi connectivity index (χ1n) is 10.5. The molecule has 4 aromatic carbocycles. The minimum absolute atomic E-state index is 0.345. The van der Waals surface area contributed by atoms with E-state index in [1.807, 2.05) is 0 Å². The Balaban J connectivity index is 1.63. The van der Waals surface area contributed by atoms with Crippen LogP contribution in [0.25, 0.3) is 11.6 Å². The third-order valence-electron chi connectivity index (χ3n) is 5.30. The van der Waals surface area contributed by atoms with Crippen molar-refractivity contribution in [3.8, 4) is 0 Å². The molecule has 0 fully saturated rings. The third kappa shape index (κ3) is 5.24. The molecule has 0 radical (unpaired) electrons. The molecule has 4 aromatic rings. The Kier molecular flexibility index (Phi) is 6.70. The van der Waals surface area contributed by atoms with Crippen LogP contribution < -0.4 is 0 Å². The van der Waals surface area contributed by atoms with Crippen LogP contribution in [0.1, 0.15) is 34.6 Å². The third-order valence-corrected chi connectivity index (χ3v) is 5.30. The molecule has 0 aromatic heterocycles. The average molecular weight is 387 g/mol. The zero-order chi connectivity index (χ0) is 20.4. The van der Waals surface area contributed by atoms with E-state index in [2.05, 4.69) is 140 Å². The van der Waals surface area contributed by atoms with E-state index in [0.29, 0.717) is 5.92 Å². The van der Waals surface area contributed by atoms with Gasteiger partial charge in [0.15, 0.2) is 0 Å². The molecule has 4 rings (SSSR count). The molecule has 0 aliphatic carbocycles. The van der Waals surface area contributed by atoms with Gasteiger partial charge in [0.1, 0.15) is 0 Å². The zero-order valence-electron chi connectivity index (χ0n) is 17.1. The van der Waals surface area contributed by atoms with Crippen LogP contribution in [0.4, 0.5) is 0 Å². The number of allylic oxidation sites excluding steroid dienone is 3. The van der Waals surface area contributed by atoms with E-state index in [0.717, 1.165) is 6.42 Å². The molecule has 0 nitrogen and oxygen atoms in total. The fourth-order valence-corrected chi connectivity index (χ4v) is 3.75. The SMILES string of the molecule is C(=C(\C=C\CC(c1ccccc1)c1ccccc1)c1ccccc1)/c1ccccc1. The molecule has 0 heterocycles. The van der Waals surface area contributed by atoms with E-state index in [9.17, 15) is 0 Å². The molecule has 0 N–H and O–H groups in total. The summed E-state index contributed by atoms with van der Waals surface area (Å²) in [5.74, 6) is 0.345. The summed E-state index contributed by atoms with van der Waals surface area (Å²) in [6, 6.07) is 42.7. The maximum absolute atomic E-state index is 2.31. The van der Waals surface area contributed by atoms with Crippen LogP contribution >= 0.6 is 0 Å². The standard InChI is InChI=1S/C30H26/c1-5-14-25(15-6-1)24-29(26-16-7-2-8-17-26)22-13-23-30(27-18-9-3-10-19-27)28-20-11-4-12-21-28/h1-22,24,30H,23H2/b22-13+,29-24-. The zero-order valence-corrected chi connectivity index (χ0v) is 17.1. The topological polar surface area (TPSA) is 0 Å². The second-order valence-corrected chi connectivity index (χ2v) is 7.39. The van der Waals surface area contributed by atoms with Gasteiger partial charge in [-0.25, -0.2) is 0 Å². The van der Waals surface area contributed by atoms with E-state index in [4.69, 9.17) is 0 Å². The predicted molar refractivity (Wildman–Crippen MR) is 129 cm³/mol. The Bertz CT molecular complexity index is 1040. The van der Waals surface area contributed by atoms with E-state index in [-0.39, 0.29) is 0 Å². The van der Waals surface area contributed by atoms with Gasteiger partial charge in [0.2, 0.25) is 0 Å². The van der Waals surface area contributed by atoms with E-state index in [1.165, 1.54) is 27.8 Å². The second kappa shape index (κ2) is 10.2. The Morgan fingerprint density at radius 3 is 1.57 bits per heavy atom. The lowest BCUT2D eigenvalue weighted by Gasteiger charge is -2.16. The summed E-state index contributed by atoms with van der Waals surface area (Å²) >= 11 is 0. The summed E-state index contributed by atoms with van der Waals surface area (Å²) in [7, 11) is 0. The fourth-order valence-electron chi connectivity index (χ4n) is 3.75. The summed E-state index contributed by atoms with van der Waals surface area (Å²) in [5, 5.41) is 0. The molecule has 0 unspecified atom stereocenters. The highest BCUT2D eigenvalue weighted by Crippen LogP contribution is 2.29. The maximum Gasteiger partial charge on any atom is 0.0124 e. The van der Waals surface area contributed by atoms with Gasteiger partial charge >= 0.3 is 0 Å². The Morgan fingerprint density at radius 1 is 0.567 bits per heavy atom. The van der Waals surface area contributed by atoms with E-state index < -0.39 is 0 Å². The summed E-state index contributed by atoms with van der Waals surface area (Å²) < 4.78 is 0. The first-order chi connectivity index (χ1) is 14.9. The van der Waals surface area contributed by atoms with Gasteiger partial charge < -0.3 is 0 Å². The quantitative estimate of drug-likeness (QED) is 0.223. The highest BCUT2D eigenvalue weighted by atomic mass is 14.2. The number of benzene rings is 4. The molecule has 0 heteroatoms. The Hall–Kier alpha value is -3.64. The van der Waals surface area contributed by atoms with E-state index >= 15 is 0 Å². The van der Waals surface area contributed by atoms with Crippen LogP contribution in [0.5, 0.6) is 0 Å². The van der Waals surface area contributed by atoms with Crippen molar-refractivity contribution in [3.05, 3.63) is 156 Å². The fraction of sp³-hybridized carbons (Fsp3) is 0.0667. The second-order valence-electron chi connectivity index (χ2n) is 7.39. The van der Waals surface area contributed by atoms with Crippen LogP contribution in [-0.4, -0.2) is 0 Å². The van der Waals surface area contributed by atoms with Crippen LogP contribution in [0.3, 0.4) is 0 Å². The van der Waals surface area contributed by atoms with Crippen molar-refractivity contribution in [1.29, 1.82) is 0 Å². The monoisotopic (exact) mass is 386 g/mol. The van der Waals surface area contributed by atoms with Crippen LogP contribution in [0.2, 0.25) is 0 Å². The van der Waals surface area contributed by atoms with Gasteiger partial charge in [-0.15, -0.1) is 0 Å². The molecule has 0 amide bonds. The summed E-state index contributed by atoms with van der Waals surface area (Å²) in [5.41, 5.74) is 6.36. The average Bonchev–Trinajstić information content (AvgIpc) is 2.83. The Labute approximate surface area is 179 Å². The van der Waals surface area contributed by atoms with Crippen molar-refractivity contribution in [1.82, 2.24) is 0 Å². The molecule has 0 aliphatic rings. The number of rotatable bonds is 7. The summed E-state index contributed by atoms with van der Waals surface area (Å²) in [6.45, 7) is 0. The molecule has 0 spiro atoms. The van der Waals surface area contributed by atoms with Gasteiger partial charge in [0.25, 0.3) is 0 Å². The van der Waals surface area contributed by atoms with Gasteiger partial charge in [-0.3, -0.25) is 0 Å². The largest absolute Gasteiger partial charge is 0.0830 e. The lowest BCUT2D eigenvalue weighted by Crippen LogP contribution is -1.99. The lowest BCUT2D eigenvalue weighted by atomic mass is 9.88. The van der Waals surface area contributed by atoms with Gasteiger partial charge in [0, 0.05) is 5.92 Å². The maximum atomic E-state index is 2.31. The molecule has 30 heavy (non-hydrogen) atoms. The van der Waals surface area contributed by atoms with Crippen LogP contribution in [-0.2, 0) is 0 Å². The summed E-state index contributed by atoms with van der Waals surface area (Å²) in [4.78, 5) is 0. The molecule has 0 atom stereocenters. The highest BCUT2D eigenvalue weighted by Gasteiger charge is 2.12. The first-order valence-corrected chi connectivity index (χ1v) is 10.5. The minimum atomic E-state index is 0.345. The summed E-state index contributed by atoms with van der Waals surface area (Å²) in [6.07, 6.45) is 7.78. The van der Waals surface area contributed by atoms with E-state index in [1.54, 1.807) is 0 Å². The van der Waals surface area contributed by atoms with Crippen molar-refractivity contribution < 1.29 is 0 Å². The first kappa shape index (κ1) is 19.7.